The fraction of sp³-hybridized carbons (Fsp3) is 0.455. The van der Waals surface area contributed by atoms with Gasteiger partial charge < -0.3 is 29.0 Å². The summed E-state index contributed by atoms with van der Waals surface area (Å²) >= 11 is 0. The summed E-state index contributed by atoms with van der Waals surface area (Å²) in [7, 11) is 4.12. The SMILES string of the molecule is CC(Cn1ccnc1)Oc1cccc2cc(C3Nc4cc(C=O)c(CCN(C)CCCF)cc4N3C)n(CC3CC3)c12. The molecule has 1 fully saturated rings. The molecule has 0 radical (unpaired) electrons. The molecule has 222 valence electrons. The van der Waals surface area contributed by atoms with E-state index in [4.69, 9.17) is 4.74 Å². The zero-order valence-corrected chi connectivity index (χ0v) is 24.8. The van der Waals surface area contributed by atoms with Crippen molar-refractivity contribution in [3.8, 4) is 5.75 Å². The van der Waals surface area contributed by atoms with Crippen LogP contribution in [0.25, 0.3) is 10.9 Å². The number of fused-ring (bicyclic) bond motifs is 2. The van der Waals surface area contributed by atoms with Crippen LogP contribution < -0.4 is 15.0 Å². The summed E-state index contributed by atoms with van der Waals surface area (Å²) in [5.74, 6) is 1.57. The highest BCUT2D eigenvalue weighted by Crippen LogP contribution is 2.45. The van der Waals surface area contributed by atoms with Gasteiger partial charge in [0.2, 0.25) is 0 Å². The second kappa shape index (κ2) is 12.2. The van der Waals surface area contributed by atoms with Crippen molar-refractivity contribution in [2.45, 2.75) is 58.0 Å². The number of rotatable bonds is 14. The lowest BCUT2D eigenvalue weighted by Gasteiger charge is -2.25. The molecule has 0 spiro atoms. The van der Waals surface area contributed by atoms with Gasteiger partial charge in [0.15, 0.2) is 0 Å². The Kier molecular flexibility index (Phi) is 8.20. The Balaban J connectivity index is 1.30. The maximum atomic E-state index is 12.6. The quantitative estimate of drug-likeness (QED) is 0.189. The minimum atomic E-state index is -0.309. The van der Waals surface area contributed by atoms with Crippen molar-refractivity contribution in [1.82, 2.24) is 19.0 Å². The number of hydrogen-bond acceptors (Lipinski definition) is 6. The van der Waals surface area contributed by atoms with Gasteiger partial charge in [-0.05, 0) is 75.4 Å². The van der Waals surface area contributed by atoms with Crippen LogP contribution in [0.3, 0.4) is 0 Å². The van der Waals surface area contributed by atoms with Crippen LogP contribution in [-0.4, -0.2) is 65.3 Å². The number of aromatic nitrogens is 3. The first kappa shape index (κ1) is 28.3. The molecule has 42 heavy (non-hydrogen) atoms. The van der Waals surface area contributed by atoms with Gasteiger partial charge in [0.1, 0.15) is 24.3 Å². The Hall–Kier alpha value is -3.85. The average Bonchev–Trinajstić information content (AvgIpc) is 3.36. The van der Waals surface area contributed by atoms with Gasteiger partial charge in [-0.2, -0.15) is 0 Å². The number of nitrogens with one attached hydrogen (secondary N) is 1. The monoisotopic (exact) mass is 572 g/mol. The number of likely N-dealkylation sites (N-methyl/N-ethyl adjacent to an activating group) is 1. The van der Waals surface area contributed by atoms with E-state index < -0.39 is 0 Å². The highest BCUT2D eigenvalue weighted by molar-refractivity contribution is 5.90. The highest BCUT2D eigenvalue weighted by atomic mass is 19.1. The van der Waals surface area contributed by atoms with Crippen molar-refractivity contribution in [1.29, 1.82) is 0 Å². The zero-order chi connectivity index (χ0) is 29.2. The van der Waals surface area contributed by atoms with Crippen molar-refractivity contribution in [3.63, 3.8) is 0 Å². The molecule has 2 unspecified atom stereocenters. The second-order valence-corrected chi connectivity index (χ2v) is 11.9. The van der Waals surface area contributed by atoms with Crippen molar-refractivity contribution in [3.05, 3.63) is 71.9 Å². The number of para-hydroxylation sites is 1. The summed E-state index contributed by atoms with van der Waals surface area (Å²) in [6.45, 7) is 4.95. The number of benzene rings is 2. The van der Waals surface area contributed by atoms with Gasteiger partial charge in [-0.25, -0.2) is 4.98 Å². The topological polar surface area (TPSA) is 67.6 Å². The largest absolute Gasteiger partial charge is 0.487 e. The minimum Gasteiger partial charge on any atom is -0.487 e. The molecule has 8 nitrogen and oxygen atoms in total. The number of ether oxygens (including phenoxy) is 1. The third-order valence-corrected chi connectivity index (χ3v) is 8.57. The fourth-order valence-electron chi connectivity index (χ4n) is 6.12. The first-order valence-electron chi connectivity index (χ1n) is 15.1. The molecule has 0 saturated heterocycles. The lowest BCUT2D eigenvalue weighted by molar-refractivity contribution is 0.112. The van der Waals surface area contributed by atoms with Crippen LogP contribution in [0.2, 0.25) is 0 Å². The minimum absolute atomic E-state index is 0.0229. The molecule has 1 N–H and O–H groups in total. The predicted molar refractivity (Wildman–Crippen MR) is 165 cm³/mol. The number of anilines is 2. The van der Waals surface area contributed by atoms with E-state index in [1.807, 2.05) is 30.2 Å². The Bertz CT molecular complexity index is 1530. The molecule has 2 aromatic carbocycles. The van der Waals surface area contributed by atoms with Gasteiger partial charge in [0.25, 0.3) is 0 Å². The smallest absolute Gasteiger partial charge is 0.150 e. The van der Waals surface area contributed by atoms with Gasteiger partial charge in [-0.1, -0.05) is 12.1 Å². The predicted octanol–water partition coefficient (Wildman–Crippen LogP) is 5.92. The van der Waals surface area contributed by atoms with E-state index in [1.54, 1.807) is 6.20 Å². The molecule has 1 aliphatic carbocycles. The number of aldehydes is 1. The van der Waals surface area contributed by atoms with Crippen LogP contribution in [0.15, 0.2) is 55.1 Å². The molecule has 1 aliphatic heterocycles. The highest BCUT2D eigenvalue weighted by Gasteiger charge is 2.33. The van der Waals surface area contributed by atoms with Gasteiger partial charge in [0.05, 0.1) is 42.1 Å². The fourth-order valence-corrected chi connectivity index (χ4v) is 6.12. The Morgan fingerprint density at radius 1 is 1.24 bits per heavy atom. The maximum absolute atomic E-state index is 12.6. The van der Waals surface area contributed by atoms with Crippen molar-refractivity contribution in [2.24, 2.45) is 5.92 Å². The molecule has 9 heteroatoms. The summed E-state index contributed by atoms with van der Waals surface area (Å²) in [5, 5.41) is 4.89. The molecule has 0 bridgehead atoms. The zero-order valence-electron chi connectivity index (χ0n) is 24.8. The lowest BCUT2D eigenvalue weighted by Crippen LogP contribution is -2.26. The molecule has 1 saturated carbocycles. The molecular formula is C33H41FN6O2. The number of halogens is 1. The summed E-state index contributed by atoms with van der Waals surface area (Å²) in [5.41, 5.74) is 6.10. The van der Waals surface area contributed by atoms with Crippen LogP contribution >= 0.6 is 0 Å². The van der Waals surface area contributed by atoms with Crippen LogP contribution in [0.1, 0.15) is 54.0 Å². The summed E-state index contributed by atoms with van der Waals surface area (Å²) < 4.78 is 23.7. The number of hydrogen-bond donors (Lipinski definition) is 1. The molecular weight excluding hydrogens is 531 g/mol. The van der Waals surface area contributed by atoms with Crippen molar-refractivity contribution in [2.75, 3.05) is 44.1 Å². The first-order chi connectivity index (χ1) is 20.4. The van der Waals surface area contributed by atoms with E-state index in [2.05, 4.69) is 69.0 Å². The van der Waals surface area contributed by atoms with Gasteiger partial charge in [0, 0.05) is 50.0 Å². The third-order valence-electron chi connectivity index (χ3n) is 8.57. The number of carbonyl (C=O) groups is 1. The third kappa shape index (κ3) is 5.88. The Morgan fingerprint density at radius 2 is 2.10 bits per heavy atom. The van der Waals surface area contributed by atoms with Crippen LogP contribution in [0.4, 0.5) is 15.8 Å². The number of alkyl halides is 1. The Morgan fingerprint density at radius 3 is 2.83 bits per heavy atom. The summed E-state index contributed by atoms with van der Waals surface area (Å²) in [4.78, 5) is 20.6. The number of nitrogens with zero attached hydrogens (tertiary/aromatic N) is 5. The average molecular weight is 573 g/mol. The van der Waals surface area contributed by atoms with E-state index in [-0.39, 0.29) is 18.9 Å². The van der Waals surface area contributed by atoms with Crippen LogP contribution in [0.5, 0.6) is 5.75 Å². The van der Waals surface area contributed by atoms with E-state index in [9.17, 15) is 9.18 Å². The molecule has 4 aromatic rings. The normalized spacial score (nSPS) is 17.1. The summed E-state index contributed by atoms with van der Waals surface area (Å²) in [6.07, 6.45) is 10.2. The molecule has 6 rings (SSSR count). The van der Waals surface area contributed by atoms with E-state index in [0.29, 0.717) is 24.4 Å². The lowest BCUT2D eigenvalue weighted by atomic mass is 10.0. The molecule has 2 atom stereocenters. The second-order valence-electron chi connectivity index (χ2n) is 11.9. The van der Waals surface area contributed by atoms with E-state index >= 15 is 0 Å². The van der Waals surface area contributed by atoms with Gasteiger partial charge in [-0.15, -0.1) is 0 Å². The van der Waals surface area contributed by atoms with Crippen LogP contribution in [0, 0.1) is 5.92 Å². The molecule has 2 aromatic heterocycles. The summed E-state index contributed by atoms with van der Waals surface area (Å²) in [6, 6.07) is 12.7. The van der Waals surface area contributed by atoms with Crippen molar-refractivity contribution < 1.29 is 13.9 Å². The van der Waals surface area contributed by atoms with Gasteiger partial charge >= 0.3 is 0 Å². The Labute approximate surface area is 247 Å². The van der Waals surface area contributed by atoms with Crippen molar-refractivity contribution >= 4 is 28.6 Å². The number of imidazole rings is 1. The molecule has 3 heterocycles. The standard InChI is InChI=1S/C33H41FN6O2/c1-23(19-39-15-12-35-22-39)42-31-7-4-6-26-18-30(40(32(26)31)20-24-8-9-24)33-36-28-16-27(21-41)25(17-29(28)38(33)3)10-14-37(2)13-5-11-34/h4,6-7,12,15-18,21-24,33,36H,5,8-11,13-14,19-20H2,1-3H3. The molecule has 0 amide bonds. The van der Waals surface area contributed by atoms with E-state index in [0.717, 1.165) is 65.9 Å². The van der Waals surface area contributed by atoms with Crippen LogP contribution in [-0.2, 0) is 19.5 Å². The molecule has 2 aliphatic rings. The number of carbonyl (C=O) groups excluding carboxylic acids is 1. The van der Waals surface area contributed by atoms with E-state index in [1.165, 1.54) is 18.5 Å². The van der Waals surface area contributed by atoms with Gasteiger partial charge in [-0.3, -0.25) is 9.18 Å². The maximum Gasteiger partial charge on any atom is 0.150 e. The first-order valence-corrected chi connectivity index (χ1v) is 15.1.